The van der Waals surface area contributed by atoms with Crippen molar-refractivity contribution in [3.05, 3.63) is 36.0 Å². The van der Waals surface area contributed by atoms with Crippen molar-refractivity contribution in [2.45, 2.75) is 6.92 Å². The first kappa shape index (κ1) is 14.2. The van der Waals surface area contributed by atoms with Gasteiger partial charge in [-0.25, -0.2) is 14.4 Å². The minimum absolute atomic E-state index is 0.304. The van der Waals surface area contributed by atoms with Crippen molar-refractivity contribution in [2.75, 3.05) is 24.3 Å². The van der Waals surface area contributed by atoms with Gasteiger partial charge in [-0.3, -0.25) is 4.68 Å². The fraction of sp³-hybridized carbons (Fsp3) is 0.267. The quantitative estimate of drug-likeness (QED) is 0.806. The molecular weight excluding hydrogens is 283 g/mol. The molecule has 0 saturated carbocycles. The Bertz CT molecular complexity index is 839. The van der Waals surface area contributed by atoms with Crippen molar-refractivity contribution in [2.24, 2.45) is 7.05 Å². The molecule has 22 heavy (non-hydrogen) atoms. The zero-order valence-corrected chi connectivity index (χ0v) is 12.9. The van der Waals surface area contributed by atoms with Gasteiger partial charge in [-0.2, -0.15) is 5.10 Å². The standard InChI is InChI=1S/C15H17FN6/c1-9-18-14(13-8-17-22(4)15(13)19-9)20-11-5-10(16)6-12(7-11)21(2)3/h5-8H,1-4H3,(H,18,19,20). The average Bonchev–Trinajstić information content (AvgIpc) is 2.80. The molecular formula is C15H17FN6. The smallest absolute Gasteiger partial charge is 0.163 e. The third kappa shape index (κ3) is 2.57. The SMILES string of the molecule is Cc1nc(Nc2cc(F)cc(N(C)C)c2)c2cnn(C)c2n1. The van der Waals surface area contributed by atoms with Gasteiger partial charge in [-0.1, -0.05) is 0 Å². The number of nitrogens with zero attached hydrogens (tertiary/aromatic N) is 5. The molecule has 0 saturated heterocycles. The molecule has 0 aliphatic heterocycles. The Morgan fingerprint density at radius 1 is 1.18 bits per heavy atom. The minimum Gasteiger partial charge on any atom is -0.378 e. The molecule has 0 radical (unpaired) electrons. The Morgan fingerprint density at radius 3 is 2.68 bits per heavy atom. The number of halogens is 1. The lowest BCUT2D eigenvalue weighted by atomic mass is 10.2. The van der Waals surface area contributed by atoms with Crippen LogP contribution in [0.2, 0.25) is 0 Å². The van der Waals surface area contributed by atoms with Crippen LogP contribution < -0.4 is 10.2 Å². The summed E-state index contributed by atoms with van der Waals surface area (Å²) in [7, 11) is 5.56. The number of fused-ring (bicyclic) bond motifs is 1. The molecule has 0 fully saturated rings. The monoisotopic (exact) mass is 300 g/mol. The summed E-state index contributed by atoms with van der Waals surface area (Å²) in [6, 6.07) is 4.78. The van der Waals surface area contributed by atoms with Crippen LogP contribution in [0.1, 0.15) is 5.82 Å². The molecule has 0 spiro atoms. The predicted octanol–water partition coefficient (Wildman–Crippen LogP) is 2.62. The molecule has 0 aliphatic carbocycles. The van der Waals surface area contributed by atoms with Crippen molar-refractivity contribution in [1.29, 1.82) is 0 Å². The number of rotatable bonds is 3. The summed E-state index contributed by atoms with van der Waals surface area (Å²) in [5, 5.41) is 8.16. The van der Waals surface area contributed by atoms with Crippen LogP contribution >= 0.6 is 0 Å². The van der Waals surface area contributed by atoms with E-state index in [4.69, 9.17) is 0 Å². The van der Waals surface area contributed by atoms with Crippen molar-refractivity contribution in [3.8, 4) is 0 Å². The minimum atomic E-state index is -0.304. The molecule has 0 aliphatic rings. The third-order valence-electron chi connectivity index (χ3n) is 3.37. The molecule has 2 aromatic heterocycles. The van der Waals surface area contributed by atoms with Crippen molar-refractivity contribution < 1.29 is 4.39 Å². The van der Waals surface area contributed by atoms with Gasteiger partial charge in [0.1, 0.15) is 17.5 Å². The molecule has 1 N–H and O–H groups in total. The van der Waals surface area contributed by atoms with Crippen LogP contribution in [-0.2, 0) is 7.05 Å². The number of hydrogen-bond donors (Lipinski definition) is 1. The summed E-state index contributed by atoms with van der Waals surface area (Å²) in [6.45, 7) is 1.81. The second-order valence-corrected chi connectivity index (χ2v) is 5.34. The van der Waals surface area contributed by atoms with E-state index >= 15 is 0 Å². The average molecular weight is 300 g/mol. The Hall–Kier alpha value is -2.70. The van der Waals surface area contributed by atoms with Crippen LogP contribution in [0.4, 0.5) is 21.6 Å². The van der Waals surface area contributed by atoms with E-state index in [-0.39, 0.29) is 5.82 Å². The Balaban J connectivity index is 2.07. The van der Waals surface area contributed by atoms with Crippen LogP contribution in [0.5, 0.6) is 0 Å². The van der Waals surface area contributed by atoms with Crippen LogP contribution in [0.3, 0.4) is 0 Å². The number of benzene rings is 1. The lowest BCUT2D eigenvalue weighted by Gasteiger charge is -2.15. The third-order valence-corrected chi connectivity index (χ3v) is 3.37. The predicted molar refractivity (Wildman–Crippen MR) is 85.1 cm³/mol. The normalized spacial score (nSPS) is 11.0. The largest absolute Gasteiger partial charge is 0.378 e. The zero-order valence-electron chi connectivity index (χ0n) is 12.9. The lowest BCUT2D eigenvalue weighted by molar-refractivity contribution is 0.628. The van der Waals surface area contributed by atoms with Gasteiger partial charge in [-0.05, 0) is 25.1 Å². The number of aromatic nitrogens is 4. The summed E-state index contributed by atoms with van der Waals surface area (Å²) in [5.74, 6) is 0.940. The van der Waals surface area contributed by atoms with Gasteiger partial charge in [-0.15, -0.1) is 0 Å². The Morgan fingerprint density at radius 2 is 1.95 bits per heavy atom. The summed E-state index contributed by atoms with van der Waals surface area (Å²) < 4.78 is 15.5. The second-order valence-electron chi connectivity index (χ2n) is 5.34. The number of anilines is 3. The van der Waals surface area contributed by atoms with Crippen LogP contribution in [0.25, 0.3) is 11.0 Å². The maximum Gasteiger partial charge on any atom is 0.163 e. The van der Waals surface area contributed by atoms with Crippen LogP contribution in [0, 0.1) is 12.7 Å². The van der Waals surface area contributed by atoms with E-state index in [0.29, 0.717) is 17.3 Å². The van der Waals surface area contributed by atoms with Gasteiger partial charge >= 0.3 is 0 Å². The van der Waals surface area contributed by atoms with Gasteiger partial charge in [0.05, 0.1) is 11.6 Å². The molecule has 6 nitrogen and oxygen atoms in total. The molecule has 7 heteroatoms. The van der Waals surface area contributed by atoms with E-state index in [1.807, 2.05) is 39.0 Å². The molecule has 3 aromatic rings. The zero-order chi connectivity index (χ0) is 15.9. The summed E-state index contributed by atoms with van der Waals surface area (Å²) >= 11 is 0. The number of hydrogen-bond acceptors (Lipinski definition) is 5. The molecule has 0 atom stereocenters. The van der Waals surface area contributed by atoms with Gasteiger partial charge in [0.2, 0.25) is 0 Å². The van der Waals surface area contributed by atoms with Gasteiger partial charge in [0.25, 0.3) is 0 Å². The number of nitrogens with one attached hydrogen (secondary N) is 1. The Labute approximate surface area is 127 Å². The molecule has 2 heterocycles. The van der Waals surface area contributed by atoms with E-state index in [2.05, 4.69) is 20.4 Å². The Kier molecular flexibility index (Phi) is 3.40. The fourth-order valence-electron chi connectivity index (χ4n) is 2.27. The van der Waals surface area contributed by atoms with E-state index in [1.54, 1.807) is 10.9 Å². The van der Waals surface area contributed by atoms with E-state index in [0.717, 1.165) is 16.7 Å². The molecule has 0 amide bonds. The maximum absolute atomic E-state index is 13.8. The van der Waals surface area contributed by atoms with Crippen molar-refractivity contribution >= 4 is 28.2 Å². The van der Waals surface area contributed by atoms with Gasteiger partial charge < -0.3 is 10.2 Å². The summed E-state index contributed by atoms with van der Waals surface area (Å²) in [5.41, 5.74) is 2.14. The van der Waals surface area contributed by atoms with E-state index in [1.165, 1.54) is 12.1 Å². The van der Waals surface area contributed by atoms with Crippen molar-refractivity contribution in [3.63, 3.8) is 0 Å². The first-order valence-corrected chi connectivity index (χ1v) is 6.85. The number of aryl methyl sites for hydroxylation is 2. The first-order chi connectivity index (χ1) is 10.4. The molecule has 3 rings (SSSR count). The maximum atomic E-state index is 13.8. The topological polar surface area (TPSA) is 58.9 Å². The van der Waals surface area contributed by atoms with E-state index in [9.17, 15) is 4.39 Å². The molecule has 0 unspecified atom stereocenters. The second kappa shape index (κ2) is 5.25. The summed E-state index contributed by atoms with van der Waals surface area (Å²) in [4.78, 5) is 10.6. The highest BCUT2D eigenvalue weighted by molar-refractivity contribution is 5.88. The van der Waals surface area contributed by atoms with Gasteiger partial charge in [0.15, 0.2) is 5.65 Å². The highest BCUT2D eigenvalue weighted by atomic mass is 19.1. The first-order valence-electron chi connectivity index (χ1n) is 6.85. The van der Waals surface area contributed by atoms with Crippen LogP contribution in [0.15, 0.2) is 24.4 Å². The highest BCUT2D eigenvalue weighted by Gasteiger charge is 2.11. The van der Waals surface area contributed by atoms with Crippen molar-refractivity contribution in [1.82, 2.24) is 19.7 Å². The summed E-state index contributed by atoms with van der Waals surface area (Å²) in [6.07, 6.45) is 1.70. The molecule has 114 valence electrons. The molecule has 1 aromatic carbocycles. The highest BCUT2D eigenvalue weighted by Crippen LogP contribution is 2.26. The van der Waals surface area contributed by atoms with Gasteiger partial charge in [0, 0.05) is 32.5 Å². The van der Waals surface area contributed by atoms with E-state index < -0.39 is 0 Å². The molecule has 0 bridgehead atoms. The fourth-order valence-corrected chi connectivity index (χ4v) is 2.27. The van der Waals surface area contributed by atoms with Crippen LogP contribution in [-0.4, -0.2) is 33.8 Å². The lowest BCUT2D eigenvalue weighted by Crippen LogP contribution is -2.09.